The number of carbonyl (C=O) groups excluding carboxylic acids is 2. The van der Waals surface area contributed by atoms with Gasteiger partial charge in [-0.15, -0.1) is 0 Å². The Morgan fingerprint density at radius 2 is 0.947 bits per heavy atom. The highest BCUT2D eigenvalue weighted by molar-refractivity contribution is 6.20. The van der Waals surface area contributed by atoms with E-state index in [9.17, 15) is 9.59 Å². The molecule has 0 saturated carbocycles. The normalized spacial score (nSPS) is 11.1. The average molecular weight is 507 g/mol. The first-order valence-corrected chi connectivity index (χ1v) is 11.4. The zero-order chi connectivity index (χ0) is 26.4. The van der Waals surface area contributed by atoms with Gasteiger partial charge >= 0.3 is 12.2 Å². The van der Waals surface area contributed by atoms with Crippen LogP contribution in [0.1, 0.15) is 0 Å². The Morgan fingerprint density at radius 1 is 0.526 bits per heavy atom. The van der Waals surface area contributed by atoms with Gasteiger partial charge in [0.2, 0.25) is 0 Å². The van der Waals surface area contributed by atoms with E-state index in [4.69, 9.17) is 9.47 Å². The Labute approximate surface area is 218 Å². The Hall–Kier alpha value is -5.64. The minimum absolute atomic E-state index is 0.277. The first-order chi connectivity index (χ1) is 18.6. The van der Waals surface area contributed by atoms with Crippen molar-refractivity contribution in [2.45, 2.75) is 0 Å². The molecule has 0 aliphatic heterocycles. The van der Waals surface area contributed by atoms with Gasteiger partial charge in [-0.25, -0.2) is 9.59 Å². The fourth-order valence-electron chi connectivity index (χ4n) is 2.91. The van der Waals surface area contributed by atoms with Crippen LogP contribution in [0.5, 0.6) is 11.5 Å². The smallest absolute Gasteiger partial charge is 0.409 e. The summed E-state index contributed by atoms with van der Waals surface area (Å²) in [6.07, 6.45) is 0.328. The first kappa shape index (κ1) is 25.5. The second-order valence-electron chi connectivity index (χ2n) is 7.46. The maximum Gasteiger partial charge on any atom is 0.439 e. The number of carbonyl (C=O) groups is 2. The first-order valence-electron chi connectivity index (χ1n) is 11.4. The number of anilines is 2. The number of rotatable bonds is 8. The molecule has 2 amide bonds. The second kappa shape index (κ2) is 13.4. The number of ether oxygens (including phenoxy) is 2. The number of hydrogen-bond donors (Lipinski definition) is 2. The highest BCUT2D eigenvalue weighted by atomic mass is 16.6. The van der Waals surface area contributed by atoms with Gasteiger partial charge < -0.3 is 20.3 Å². The molecule has 10 heteroatoms. The van der Waals surface area contributed by atoms with Crippen LogP contribution in [0, 0.1) is 0 Å². The van der Waals surface area contributed by atoms with E-state index in [-0.39, 0.29) is 5.75 Å². The van der Waals surface area contributed by atoms with Gasteiger partial charge in [0.15, 0.2) is 0 Å². The predicted molar refractivity (Wildman–Crippen MR) is 146 cm³/mol. The molecule has 0 fully saturated rings. The zero-order valence-corrected chi connectivity index (χ0v) is 20.0. The van der Waals surface area contributed by atoms with E-state index in [1.807, 2.05) is 60.7 Å². The SMILES string of the molecule is O=C(/N=C/C=N/C(=O)Oc1ccc(NNc2ccccc2)cc1)Oc1ccc(N=Nc2ccccc2)cc1. The van der Waals surface area contributed by atoms with E-state index >= 15 is 0 Å². The third-order valence-electron chi connectivity index (χ3n) is 4.69. The summed E-state index contributed by atoms with van der Waals surface area (Å²) in [4.78, 5) is 30.9. The number of benzene rings is 4. The quantitative estimate of drug-likeness (QED) is 0.146. The monoisotopic (exact) mass is 506 g/mol. The van der Waals surface area contributed by atoms with E-state index in [0.717, 1.165) is 29.5 Å². The number of hydrazine groups is 1. The van der Waals surface area contributed by atoms with Crippen molar-refractivity contribution in [1.82, 2.24) is 0 Å². The molecule has 0 radical (unpaired) electrons. The number of amides is 2. The minimum Gasteiger partial charge on any atom is -0.409 e. The lowest BCUT2D eigenvalue weighted by atomic mass is 10.3. The third kappa shape index (κ3) is 8.54. The zero-order valence-electron chi connectivity index (χ0n) is 20.0. The molecule has 0 aliphatic rings. The van der Waals surface area contributed by atoms with E-state index in [0.29, 0.717) is 11.4 Å². The fraction of sp³-hybridized carbons (Fsp3) is 0. The van der Waals surface area contributed by atoms with E-state index in [2.05, 4.69) is 31.1 Å². The van der Waals surface area contributed by atoms with Crippen LogP contribution in [0.2, 0.25) is 0 Å². The molecule has 4 aromatic carbocycles. The van der Waals surface area contributed by atoms with Gasteiger partial charge in [0.05, 0.1) is 35.2 Å². The molecule has 0 aromatic heterocycles. The number of aliphatic imine (C=N–C) groups is 2. The van der Waals surface area contributed by atoms with Gasteiger partial charge in [0, 0.05) is 0 Å². The number of nitrogens with one attached hydrogen (secondary N) is 2. The largest absolute Gasteiger partial charge is 0.439 e. The molecule has 0 bridgehead atoms. The highest BCUT2D eigenvalue weighted by Gasteiger charge is 2.03. The molecule has 0 saturated heterocycles. The van der Waals surface area contributed by atoms with Gasteiger partial charge in [-0.2, -0.15) is 20.2 Å². The molecule has 0 aliphatic carbocycles. The van der Waals surface area contributed by atoms with Crippen molar-refractivity contribution in [1.29, 1.82) is 0 Å². The van der Waals surface area contributed by atoms with Gasteiger partial charge in [-0.3, -0.25) is 0 Å². The van der Waals surface area contributed by atoms with Crippen LogP contribution < -0.4 is 20.3 Å². The average Bonchev–Trinajstić information content (AvgIpc) is 2.96. The molecule has 10 nitrogen and oxygen atoms in total. The second-order valence-corrected chi connectivity index (χ2v) is 7.46. The Balaban J connectivity index is 1.18. The van der Waals surface area contributed by atoms with Crippen molar-refractivity contribution in [3.8, 4) is 11.5 Å². The number of para-hydroxylation sites is 1. The van der Waals surface area contributed by atoms with Crippen LogP contribution in [-0.4, -0.2) is 24.6 Å². The summed E-state index contributed by atoms with van der Waals surface area (Å²) >= 11 is 0. The molecule has 2 N–H and O–H groups in total. The summed E-state index contributed by atoms with van der Waals surface area (Å²) in [6.45, 7) is 0. The van der Waals surface area contributed by atoms with E-state index < -0.39 is 12.2 Å². The minimum atomic E-state index is -0.879. The third-order valence-corrected chi connectivity index (χ3v) is 4.69. The molecule has 0 atom stereocenters. The topological polar surface area (TPSA) is 126 Å². The molecule has 0 heterocycles. The maximum absolute atomic E-state index is 11.9. The van der Waals surface area contributed by atoms with Gasteiger partial charge in [-0.1, -0.05) is 36.4 Å². The number of azo groups is 1. The van der Waals surface area contributed by atoms with Crippen molar-refractivity contribution in [3.05, 3.63) is 109 Å². The van der Waals surface area contributed by atoms with Crippen LogP contribution in [0.3, 0.4) is 0 Å². The Kier molecular flexibility index (Phi) is 9.01. The Morgan fingerprint density at radius 3 is 1.47 bits per heavy atom. The van der Waals surface area contributed by atoms with Crippen LogP contribution in [-0.2, 0) is 0 Å². The fourth-order valence-corrected chi connectivity index (χ4v) is 2.91. The van der Waals surface area contributed by atoms with E-state index in [1.54, 1.807) is 48.5 Å². The molecule has 4 aromatic rings. The molecule has 4 rings (SSSR count). The number of hydrogen-bond acceptors (Lipinski definition) is 8. The van der Waals surface area contributed by atoms with Crippen molar-refractivity contribution < 1.29 is 19.1 Å². The molecule has 0 unspecified atom stereocenters. The van der Waals surface area contributed by atoms with Gasteiger partial charge in [-0.05, 0) is 72.8 Å². The lowest BCUT2D eigenvalue weighted by Crippen LogP contribution is -2.08. The van der Waals surface area contributed by atoms with Crippen LogP contribution in [0.4, 0.5) is 32.3 Å². The standard InChI is InChI=1S/C28H22N6O4/c35-27(37-25-15-11-23(12-16-25)33-31-21-7-3-1-4-8-21)29-19-20-30-28(36)38-26-17-13-24(14-18-26)34-32-22-9-5-2-6-10-22/h1-20,31,33H/b29-19+,30-20+,34-32?. The van der Waals surface area contributed by atoms with Crippen molar-refractivity contribution >= 4 is 47.4 Å². The lowest BCUT2D eigenvalue weighted by Gasteiger charge is -2.09. The summed E-state index contributed by atoms with van der Waals surface area (Å²) in [5, 5.41) is 8.23. The van der Waals surface area contributed by atoms with Crippen LogP contribution >= 0.6 is 0 Å². The predicted octanol–water partition coefficient (Wildman–Crippen LogP) is 7.38. The summed E-state index contributed by atoms with van der Waals surface area (Å²) < 4.78 is 10.2. The molecular weight excluding hydrogens is 484 g/mol. The summed E-state index contributed by atoms with van der Waals surface area (Å²) in [5.41, 5.74) is 9.09. The molecule has 0 spiro atoms. The van der Waals surface area contributed by atoms with E-state index in [1.165, 1.54) is 0 Å². The summed E-state index contributed by atoms with van der Waals surface area (Å²) in [5.74, 6) is 0.583. The number of nitrogens with zero attached hydrogens (tertiary/aromatic N) is 4. The van der Waals surface area contributed by atoms with Crippen LogP contribution in [0.25, 0.3) is 0 Å². The molecule has 38 heavy (non-hydrogen) atoms. The molecule has 188 valence electrons. The lowest BCUT2D eigenvalue weighted by molar-refractivity contribution is 0.210. The maximum atomic E-state index is 11.9. The summed E-state index contributed by atoms with van der Waals surface area (Å²) in [7, 11) is 0. The van der Waals surface area contributed by atoms with Crippen molar-refractivity contribution in [2.24, 2.45) is 20.2 Å². The van der Waals surface area contributed by atoms with Crippen molar-refractivity contribution in [3.63, 3.8) is 0 Å². The highest BCUT2D eigenvalue weighted by Crippen LogP contribution is 2.21. The Bertz CT molecular complexity index is 1420. The van der Waals surface area contributed by atoms with Crippen molar-refractivity contribution in [2.75, 3.05) is 10.9 Å². The van der Waals surface area contributed by atoms with Gasteiger partial charge in [0.1, 0.15) is 11.5 Å². The summed E-state index contributed by atoms with van der Waals surface area (Å²) in [6, 6.07) is 32.0. The molecular formula is C28H22N6O4. The van der Waals surface area contributed by atoms with Gasteiger partial charge in [0.25, 0.3) is 0 Å². The van der Waals surface area contributed by atoms with Crippen LogP contribution in [0.15, 0.2) is 129 Å².